The largest absolute Gasteiger partial charge is 0.385 e. The Bertz CT molecular complexity index is 265. The van der Waals surface area contributed by atoms with Crippen LogP contribution in [0, 0.1) is 11.7 Å². The number of nitrogens with one attached hydrogen (secondary N) is 1. The Labute approximate surface area is 57.9 Å². The van der Waals surface area contributed by atoms with Crippen molar-refractivity contribution in [2.75, 3.05) is 5.73 Å². The van der Waals surface area contributed by atoms with Crippen molar-refractivity contribution in [3.63, 3.8) is 0 Å². The van der Waals surface area contributed by atoms with Gasteiger partial charge >= 0.3 is 0 Å². The monoisotopic (exact) mass is 141 g/mol. The summed E-state index contributed by atoms with van der Waals surface area (Å²) in [7, 11) is 0. The summed E-state index contributed by atoms with van der Waals surface area (Å²) in [5.74, 6) is 0.593. The van der Waals surface area contributed by atoms with Gasteiger partial charge in [-0.15, -0.1) is 0 Å². The number of hydrogen-bond donors (Lipinski definition) is 2. The number of aromatic nitrogens is 2. The lowest BCUT2D eigenvalue weighted by atomic mass is 10.4. The van der Waals surface area contributed by atoms with Gasteiger partial charge in [0.05, 0.1) is 0 Å². The molecule has 0 atom stereocenters. The second-order valence-electron chi connectivity index (χ2n) is 1.79. The Morgan fingerprint density at radius 1 is 1.78 bits per heavy atom. The van der Waals surface area contributed by atoms with Crippen LogP contribution in [0.5, 0.6) is 0 Å². The van der Waals surface area contributed by atoms with Gasteiger partial charge in [0.15, 0.2) is 4.77 Å². The minimum absolute atomic E-state index is 0.429. The predicted molar refractivity (Wildman–Crippen MR) is 38.6 cm³/mol. The normalized spacial score (nSPS) is 9.44. The molecule has 0 radical (unpaired) electrons. The van der Waals surface area contributed by atoms with Crippen LogP contribution in [0.4, 0.5) is 5.82 Å². The van der Waals surface area contributed by atoms with E-state index in [0.717, 1.165) is 5.56 Å². The molecule has 0 unspecified atom stereocenters. The molecule has 0 bridgehead atoms. The van der Waals surface area contributed by atoms with Crippen LogP contribution in [-0.4, -0.2) is 9.97 Å². The summed E-state index contributed by atoms with van der Waals surface area (Å²) in [4.78, 5) is 6.54. The van der Waals surface area contributed by atoms with E-state index in [1.54, 1.807) is 6.20 Å². The number of H-pyrrole nitrogens is 1. The molecule has 0 fully saturated rings. The van der Waals surface area contributed by atoms with Crippen LogP contribution in [0.25, 0.3) is 0 Å². The summed E-state index contributed by atoms with van der Waals surface area (Å²) in [6, 6.07) is 0. The van der Waals surface area contributed by atoms with E-state index in [1.807, 2.05) is 6.92 Å². The number of rotatable bonds is 0. The highest BCUT2D eigenvalue weighted by Gasteiger charge is 1.88. The van der Waals surface area contributed by atoms with Gasteiger partial charge in [0.1, 0.15) is 5.82 Å². The van der Waals surface area contributed by atoms with Crippen molar-refractivity contribution in [2.45, 2.75) is 6.92 Å². The Kier molecular flexibility index (Phi) is 1.48. The zero-order valence-corrected chi connectivity index (χ0v) is 5.83. The van der Waals surface area contributed by atoms with E-state index in [9.17, 15) is 0 Å². The molecule has 1 aromatic heterocycles. The first-order valence-electron chi connectivity index (χ1n) is 2.51. The maximum Gasteiger partial charge on any atom is 0.198 e. The summed E-state index contributed by atoms with van der Waals surface area (Å²) in [5, 5.41) is 0. The van der Waals surface area contributed by atoms with E-state index in [-0.39, 0.29) is 0 Å². The van der Waals surface area contributed by atoms with Crippen LogP contribution < -0.4 is 5.73 Å². The maximum atomic E-state index is 5.46. The van der Waals surface area contributed by atoms with Gasteiger partial charge in [0.25, 0.3) is 0 Å². The van der Waals surface area contributed by atoms with Crippen LogP contribution in [0.2, 0.25) is 0 Å². The molecule has 0 aliphatic heterocycles. The summed E-state index contributed by atoms with van der Waals surface area (Å²) in [6.45, 7) is 1.87. The van der Waals surface area contributed by atoms with E-state index in [4.69, 9.17) is 18.0 Å². The van der Waals surface area contributed by atoms with Crippen LogP contribution in [0.3, 0.4) is 0 Å². The fraction of sp³-hybridized carbons (Fsp3) is 0.200. The third-order valence-corrected chi connectivity index (χ3v) is 1.25. The average molecular weight is 141 g/mol. The molecule has 3 N–H and O–H groups in total. The highest BCUT2D eigenvalue weighted by molar-refractivity contribution is 7.71. The zero-order chi connectivity index (χ0) is 6.85. The summed E-state index contributed by atoms with van der Waals surface area (Å²) in [6.07, 6.45) is 1.65. The first kappa shape index (κ1) is 6.22. The fourth-order valence-corrected chi connectivity index (χ4v) is 0.634. The van der Waals surface area contributed by atoms with Crippen molar-refractivity contribution in [1.29, 1.82) is 0 Å². The SMILES string of the molecule is Cc1cnc(=S)[nH]c1N. The molecule has 0 spiro atoms. The van der Waals surface area contributed by atoms with Gasteiger partial charge in [-0.2, -0.15) is 0 Å². The molecule has 9 heavy (non-hydrogen) atoms. The molecule has 0 saturated heterocycles. The number of nitrogen functional groups attached to an aromatic ring is 1. The van der Waals surface area contributed by atoms with E-state index >= 15 is 0 Å². The minimum atomic E-state index is 0.429. The van der Waals surface area contributed by atoms with Crippen LogP contribution in [0.15, 0.2) is 6.20 Å². The quantitative estimate of drug-likeness (QED) is 0.530. The van der Waals surface area contributed by atoms with Crippen LogP contribution in [0.1, 0.15) is 5.56 Å². The van der Waals surface area contributed by atoms with Crippen LogP contribution >= 0.6 is 12.2 Å². The molecule has 0 aliphatic carbocycles. The third kappa shape index (κ3) is 1.26. The molecular formula is C5H7N3S. The van der Waals surface area contributed by atoms with E-state index in [1.165, 1.54) is 0 Å². The Morgan fingerprint density at radius 2 is 2.44 bits per heavy atom. The first-order chi connectivity index (χ1) is 4.20. The van der Waals surface area contributed by atoms with Gasteiger partial charge < -0.3 is 10.7 Å². The highest BCUT2D eigenvalue weighted by Crippen LogP contribution is 2.01. The molecular weight excluding hydrogens is 134 g/mol. The molecule has 0 aromatic carbocycles. The van der Waals surface area contributed by atoms with E-state index in [0.29, 0.717) is 10.6 Å². The lowest BCUT2D eigenvalue weighted by molar-refractivity contribution is 1.11. The van der Waals surface area contributed by atoms with Crippen molar-refractivity contribution in [1.82, 2.24) is 9.97 Å². The van der Waals surface area contributed by atoms with Crippen molar-refractivity contribution in [3.8, 4) is 0 Å². The number of anilines is 1. The average Bonchev–Trinajstić information content (AvgIpc) is 1.80. The molecule has 1 heterocycles. The van der Waals surface area contributed by atoms with Crippen molar-refractivity contribution < 1.29 is 0 Å². The van der Waals surface area contributed by atoms with Gasteiger partial charge in [0, 0.05) is 11.8 Å². The van der Waals surface area contributed by atoms with Gasteiger partial charge in [-0.25, -0.2) is 4.98 Å². The molecule has 0 saturated carbocycles. The minimum Gasteiger partial charge on any atom is -0.385 e. The molecule has 1 aromatic rings. The molecule has 0 amide bonds. The number of nitrogens with zero attached hydrogens (tertiary/aromatic N) is 1. The third-order valence-electron chi connectivity index (χ3n) is 1.04. The standard InChI is InChI=1S/C5H7N3S/c1-3-2-7-5(9)8-4(3)6/h2H,1H3,(H3,6,7,8,9). The van der Waals surface area contributed by atoms with Crippen LogP contribution in [-0.2, 0) is 0 Å². The first-order valence-corrected chi connectivity index (χ1v) is 2.92. The number of aryl methyl sites for hydroxylation is 1. The number of aromatic amines is 1. The van der Waals surface area contributed by atoms with E-state index in [2.05, 4.69) is 9.97 Å². The lowest BCUT2D eigenvalue weighted by Crippen LogP contribution is -1.94. The fourth-order valence-electron chi connectivity index (χ4n) is 0.471. The summed E-state index contributed by atoms with van der Waals surface area (Å²) < 4.78 is 0.429. The highest BCUT2D eigenvalue weighted by atomic mass is 32.1. The van der Waals surface area contributed by atoms with Gasteiger partial charge in [-0.1, -0.05) is 0 Å². The van der Waals surface area contributed by atoms with Gasteiger partial charge in [0.2, 0.25) is 0 Å². The number of hydrogen-bond acceptors (Lipinski definition) is 3. The molecule has 3 nitrogen and oxygen atoms in total. The van der Waals surface area contributed by atoms with Gasteiger partial charge in [-0.3, -0.25) is 0 Å². The Morgan fingerprint density at radius 3 is 2.89 bits per heavy atom. The lowest BCUT2D eigenvalue weighted by Gasteiger charge is -1.94. The zero-order valence-electron chi connectivity index (χ0n) is 5.01. The molecule has 48 valence electrons. The van der Waals surface area contributed by atoms with Crippen molar-refractivity contribution in [3.05, 3.63) is 16.5 Å². The predicted octanol–water partition coefficient (Wildman–Crippen LogP) is 1.03. The summed E-state index contributed by atoms with van der Waals surface area (Å²) >= 11 is 4.71. The Hall–Kier alpha value is -0.900. The smallest absolute Gasteiger partial charge is 0.198 e. The van der Waals surface area contributed by atoms with Crippen molar-refractivity contribution in [2.24, 2.45) is 0 Å². The Balaban J connectivity index is 3.34. The molecule has 0 aliphatic rings. The van der Waals surface area contributed by atoms with Crippen molar-refractivity contribution >= 4 is 18.0 Å². The maximum absolute atomic E-state index is 5.46. The molecule has 1 rings (SSSR count). The van der Waals surface area contributed by atoms with Gasteiger partial charge in [-0.05, 0) is 19.1 Å². The summed E-state index contributed by atoms with van der Waals surface area (Å²) in [5.41, 5.74) is 6.38. The molecule has 4 heteroatoms. The second kappa shape index (κ2) is 2.14. The topological polar surface area (TPSA) is 54.7 Å². The second-order valence-corrected chi connectivity index (χ2v) is 2.17. The number of nitrogens with two attached hydrogens (primary N) is 1. The van der Waals surface area contributed by atoms with E-state index < -0.39 is 0 Å².